The molecule has 6 heteroatoms. The minimum atomic E-state index is 0.300. The number of hydrogen-bond acceptors (Lipinski definition) is 5. The molecule has 0 bridgehead atoms. The lowest BCUT2D eigenvalue weighted by atomic mass is 10.1. The fourth-order valence-corrected chi connectivity index (χ4v) is 4.59. The summed E-state index contributed by atoms with van der Waals surface area (Å²) in [5.41, 5.74) is 3.30. The van der Waals surface area contributed by atoms with Crippen molar-refractivity contribution in [2.24, 2.45) is 0 Å². The Hall–Kier alpha value is -1.66. The Labute approximate surface area is 146 Å². The number of fused-ring (bicyclic) bond motifs is 1. The lowest BCUT2D eigenvalue weighted by Gasteiger charge is -2.09. The molecule has 1 aliphatic carbocycles. The SMILES string of the molecule is c1cc2c(cc1-c1[nH]ncc1CNCCSC1CCCC1)OCO2. The van der Waals surface area contributed by atoms with Crippen molar-refractivity contribution in [2.45, 2.75) is 37.5 Å². The van der Waals surface area contributed by atoms with E-state index in [2.05, 4.69) is 27.3 Å². The van der Waals surface area contributed by atoms with Gasteiger partial charge in [0.25, 0.3) is 0 Å². The van der Waals surface area contributed by atoms with Crippen molar-refractivity contribution < 1.29 is 9.47 Å². The van der Waals surface area contributed by atoms with E-state index in [4.69, 9.17) is 9.47 Å². The van der Waals surface area contributed by atoms with Crippen LogP contribution in [0.3, 0.4) is 0 Å². The number of H-pyrrole nitrogens is 1. The molecule has 0 amide bonds. The van der Waals surface area contributed by atoms with Crippen LogP contribution in [-0.4, -0.2) is 34.5 Å². The van der Waals surface area contributed by atoms with Gasteiger partial charge in [0.05, 0.1) is 11.9 Å². The largest absolute Gasteiger partial charge is 0.454 e. The summed E-state index contributed by atoms with van der Waals surface area (Å²) in [5, 5.41) is 11.7. The Bertz CT molecular complexity index is 683. The highest BCUT2D eigenvalue weighted by atomic mass is 32.2. The molecule has 1 aromatic carbocycles. The molecule has 0 atom stereocenters. The maximum atomic E-state index is 5.46. The van der Waals surface area contributed by atoms with Crippen molar-refractivity contribution in [3.8, 4) is 22.8 Å². The van der Waals surface area contributed by atoms with E-state index in [-0.39, 0.29) is 0 Å². The van der Waals surface area contributed by atoms with Gasteiger partial charge in [0, 0.05) is 35.2 Å². The van der Waals surface area contributed by atoms with E-state index in [1.807, 2.05) is 24.4 Å². The number of benzene rings is 1. The fourth-order valence-electron chi connectivity index (χ4n) is 3.32. The topological polar surface area (TPSA) is 59.2 Å². The van der Waals surface area contributed by atoms with Crippen LogP contribution in [0.4, 0.5) is 0 Å². The Morgan fingerprint density at radius 3 is 3.00 bits per heavy atom. The average Bonchev–Trinajstić information content (AvgIpc) is 3.35. The molecule has 2 aliphatic rings. The molecule has 2 aromatic rings. The van der Waals surface area contributed by atoms with Gasteiger partial charge in [-0.25, -0.2) is 0 Å². The van der Waals surface area contributed by atoms with E-state index in [1.165, 1.54) is 37.0 Å². The molecule has 1 aromatic heterocycles. The van der Waals surface area contributed by atoms with Gasteiger partial charge in [-0.1, -0.05) is 12.8 Å². The third kappa shape index (κ3) is 3.54. The molecule has 0 unspecified atom stereocenters. The van der Waals surface area contributed by atoms with E-state index in [1.54, 1.807) is 0 Å². The van der Waals surface area contributed by atoms with Gasteiger partial charge in [-0.05, 0) is 31.0 Å². The lowest BCUT2D eigenvalue weighted by Crippen LogP contribution is -2.17. The van der Waals surface area contributed by atoms with Crippen molar-refractivity contribution >= 4 is 11.8 Å². The first-order valence-corrected chi connectivity index (χ1v) is 9.69. The van der Waals surface area contributed by atoms with E-state index in [0.717, 1.165) is 41.1 Å². The molecule has 24 heavy (non-hydrogen) atoms. The maximum absolute atomic E-state index is 5.46. The number of aromatic nitrogens is 2. The summed E-state index contributed by atoms with van der Waals surface area (Å²) in [6, 6.07) is 6.00. The highest BCUT2D eigenvalue weighted by Crippen LogP contribution is 2.36. The Morgan fingerprint density at radius 1 is 1.21 bits per heavy atom. The van der Waals surface area contributed by atoms with Crippen LogP contribution >= 0.6 is 11.8 Å². The van der Waals surface area contributed by atoms with Gasteiger partial charge in [0.1, 0.15) is 0 Å². The third-order valence-electron chi connectivity index (χ3n) is 4.63. The zero-order valence-corrected chi connectivity index (χ0v) is 14.5. The number of rotatable bonds is 7. The zero-order chi connectivity index (χ0) is 16.2. The van der Waals surface area contributed by atoms with Crippen LogP contribution in [0.2, 0.25) is 0 Å². The summed E-state index contributed by atoms with van der Waals surface area (Å²) in [5.74, 6) is 2.79. The highest BCUT2D eigenvalue weighted by molar-refractivity contribution is 7.99. The first kappa shape index (κ1) is 15.8. The summed E-state index contributed by atoms with van der Waals surface area (Å²) in [6.45, 7) is 2.16. The molecule has 0 spiro atoms. The normalized spacial score (nSPS) is 16.8. The standard InChI is InChI=1S/C18H23N3O2S/c1-2-4-15(3-1)24-8-7-19-10-14-11-20-21-18(14)13-5-6-16-17(9-13)23-12-22-16/h5-6,9,11,15,19H,1-4,7-8,10,12H2,(H,20,21). The first-order valence-electron chi connectivity index (χ1n) is 8.65. The van der Waals surface area contributed by atoms with Crippen molar-refractivity contribution in [3.63, 3.8) is 0 Å². The molecule has 128 valence electrons. The second kappa shape index (κ2) is 7.49. The fraction of sp³-hybridized carbons (Fsp3) is 0.500. The quantitative estimate of drug-likeness (QED) is 0.751. The van der Waals surface area contributed by atoms with Crippen LogP contribution in [0.5, 0.6) is 11.5 Å². The number of ether oxygens (including phenoxy) is 2. The second-order valence-electron chi connectivity index (χ2n) is 6.29. The Morgan fingerprint density at radius 2 is 2.08 bits per heavy atom. The van der Waals surface area contributed by atoms with E-state index < -0.39 is 0 Å². The zero-order valence-electron chi connectivity index (χ0n) is 13.7. The average molecular weight is 345 g/mol. The molecule has 1 saturated carbocycles. The predicted octanol–water partition coefficient (Wildman–Crippen LogP) is 3.57. The van der Waals surface area contributed by atoms with Crippen LogP contribution in [0, 0.1) is 0 Å². The monoisotopic (exact) mass is 345 g/mol. The number of hydrogen-bond donors (Lipinski definition) is 2. The van der Waals surface area contributed by atoms with Crippen LogP contribution in [0.25, 0.3) is 11.3 Å². The number of nitrogens with zero attached hydrogens (tertiary/aromatic N) is 1. The number of thioether (sulfide) groups is 1. The summed E-state index contributed by atoms with van der Waals surface area (Å²) in [7, 11) is 0. The number of nitrogens with one attached hydrogen (secondary N) is 2. The van der Waals surface area contributed by atoms with Gasteiger partial charge in [-0.15, -0.1) is 0 Å². The van der Waals surface area contributed by atoms with E-state index >= 15 is 0 Å². The van der Waals surface area contributed by atoms with Gasteiger partial charge in [-0.3, -0.25) is 5.10 Å². The molecule has 2 N–H and O–H groups in total. The first-order chi connectivity index (χ1) is 11.9. The van der Waals surface area contributed by atoms with Gasteiger partial charge in [0.15, 0.2) is 11.5 Å². The minimum Gasteiger partial charge on any atom is -0.454 e. The van der Waals surface area contributed by atoms with Gasteiger partial charge in [0.2, 0.25) is 6.79 Å². The van der Waals surface area contributed by atoms with Gasteiger partial charge >= 0.3 is 0 Å². The van der Waals surface area contributed by atoms with Crippen LogP contribution in [-0.2, 0) is 6.54 Å². The molecule has 5 nitrogen and oxygen atoms in total. The molecule has 4 rings (SSSR count). The second-order valence-corrected chi connectivity index (χ2v) is 7.70. The Kier molecular flexibility index (Phi) is 4.94. The molecular formula is C18H23N3O2S. The molecule has 1 fully saturated rings. The third-order valence-corrected chi connectivity index (χ3v) is 6.01. The smallest absolute Gasteiger partial charge is 0.231 e. The molecule has 0 radical (unpaired) electrons. The summed E-state index contributed by atoms with van der Waals surface area (Å²) in [6.07, 6.45) is 7.54. The summed E-state index contributed by atoms with van der Waals surface area (Å²) < 4.78 is 10.8. The van der Waals surface area contributed by atoms with Crippen LogP contribution in [0.1, 0.15) is 31.2 Å². The van der Waals surface area contributed by atoms with E-state index in [9.17, 15) is 0 Å². The lowest BCUT2D eigenvalue weighted by molar-refractivity contribution is 0.174. The van der Waals surface area contributed by atoms with E-state index in [0.29, 0.717) is 6.79 Å². The van der Waals surface area contributed by atoms with Crippen molar-refractivity contribution in [1.29, 1.82) is 0 Å². The maximum Gasteiger partial charge on any atom is 0.231 e. The van der Waals surface area contributed by atoms with Gasteiger partial charge < -0.3 is 14.8 Å². The Balaban J connectivity index is 1.31. The van der Waals surface area contributed by atoms with Crippen LogP contribution in [0.15, 0.2) is 24.4 Å². The molecule has 2 heterocycles. The summed E-state index contributed by atoms with van der Waals surface area (Å²) >= 11 is 2.12. The van der Waals surface area contributed by atoms with Crippen LogP contribution < -0.4 is 14.8 Å². The predicted molar refractivity (Wildman–Crippen MR) is 96.6 cm³/mol. The molecule has 0 saturated heterocycles. The highest BCUT2D eigenvalue weighted by Gasteiger charge is 2.16. The van der Waals surface area contributed by atoms with Crippen molar-refractivity contribution in [3.05, 3.63) is 30.0 Å². The van der Waals surface area contributed by atoms with Crippen molar-refractivity contribution in [2.75, 3.05) is 19.1 Å². The van der Waals surface area contributed by atoms with Gasteiger partial charge in [-0.2, -0.15) is 16.9 Å². The molecular weight excluding hydrogens is 322 g/mol. The minimum absolute atomic E-state index is 0.300. The number of aromatic amines is 1. The summed E-state index contributed by atoms with van der Waals surface area (Å²) in [4.78, 5) is 0. The van der Waals surface area contributed by atoms with Crippen molar-refractivity contribution in [1.82, 2.24) is 15.5 Å². The molecule has 1 aliphatic heterocycles.